The largest absolute Gasteiger partial charge is 0.471 e. The minimum absolute atomic E-state index is 0.0535. The van der Waals surface area contributed by atoms with Crippen molar-refractivity contribution in [2.24, 2.45) is 0 Å². The zero-order valence-electron chi connectivity index (χ0n) is 22.9. The summed E-state index contributed by atoms with van der Waals surface area (Å²) in [6.45, 7) is 6.02. The lowest BCUT2D eigenvalue weighted by molar-refractivity contribution is 0.0469. The van der Waals surface area contributed by atoms with Gasteiger partial charge in [-0.2, -0.15) is 4.98 Å². The summed E-state index contributed by atoms with van der Waals surface area (Å²) in [7, 11) is -4.09. The van der Waals surface area contributed by atoms with Gasteiger partial charge >= 0.3 is 0 Å². The quantitative estimate of drug-likeness (QED) is 0.378. The predicted octanol–water partition coefficient (Wildman–Crippen LogP) is 4.33. The minimum atomic E-state index is -4.09. The molecule has 9 nitrogen and oxygen atoms in total. The fourth-order valence-corrected chi connectivity index (χ4v) is 6.51. The Hall–Kier alpha value is -4.28. The Balaban J connectivity index is 1.44. The molecule has 0 radical (unpaired) electrons. The summed E-state index contributed by atoms with van der Waals surface area (Å²) < 4.78 is 35.7. The molecule has 2 atom stereocenters. The van der Waals surface area contributed by atoms with Gasteiger partial charge in [0.2, 0.25) is 11.8 Å². The molecule has 210 valence electrons. The molecule has 3 aromatic carbocycles. The van der Waals surface area contributed by atoms with Gasteiger partial charge in [-0.05, 0) is 55.2 Å². The van der Waals surface area contributed by atoms with Gasteiger partial charge in [-0.25, -0.2) is 18.1 Å². The average Bonchev–Trinajstić information content (AvgIpc) is 2.94. The maximum Gasteiger partial charge on any atom is 0.264 e. The first kappa shape index (κ1) is 26.9. The first-order chi connectivity index (χ1) is 19.7. The molecule has 3 heterocycles. The highest BCUT2D eigenvalue weighted by Crippen LogP contribution is 2.31. The number of benzene rings is 3. The molecule has 2 N–H and O–H groups in total. The van der Waals surface area contributed by atoms with Crippen LogP contribution >= 0.6 is 0 Å². The van der Waals surface area contributed by atoms with E-state index in [1.54, 1.807) is 18.2 Å². The van der Waals surface area contributed by atoms with E-state index in [4.69, 9.17) is 4.74 Å². The van der Waals surface area contributed by atoms with E-state index in [0.29, 0.717) is 18.7 Å². The van der Waals surface area contributed by atoms with Gasteiger partial charge in [-0.1, -0.05) is 54.6 Å². The van der Waals surface area contributed by atoms with Gasteiger partial charge in [0.15, 0.2) is 0 Å². The Morgan fingerprint density at radius 1 is 0.951 bits per heavy atom. The Bertz CT molecular complexity index is 1690. The van der Waals surface area contributed by atoms with E-state index in [1.807, 2.05) is 50.2 Å². The highest BCUT2D eigenvalue weighted by molar-refractivity contribution is 7.92. The van der Waals surface area contributed by atoms with Gasteiger partial charge in [0.05, 0.1) is 16.6 Å². The monoisotopic (exact) mass is 569 g/mol. The number of nitrogens with one attached hydrogen (secondary N) is 2. The summed E-state index contributed by atoms with van der Waals surface area (Å²) in [5.41, 5.74) is 4.85. The van der Waals surface area contributed by atoms with Crippen molar-refractivity contribution in [3.8, 4) is 17.1 Å². The second-order valence-corrected chi connectivity index (χ2v) is 12.2. The molecule has 1 amide bonds. The number of hydrogen-bond donors (Lipinski definition) is 2. The van der Waals surface area contributed by atoms with Gasteiger partial charge in [-0.15, -0.1) is 0 Å². The third-order valence-electron chi connectivity index (χ3n) is 7.55. The Morgan fingerprint density at radius 2 is 1.71 bits per heavy atom. The number of likely N-dealkylation sites (tertiary alicyclic amines) is 1. The summed E-state index contributed by atoms with van der Waals surface area (Å²) in [5.74, 6) is -0.227. The smallest absolute Gasteiger partial charge is 0.264 e. The summed E-state index contributed by atoms with van der Waals surface area (Å²) in [6.07, 6.45) is 0.215. The number of nitrogens with zero attached hydrogens (tertiary/aromatic N) is 3. The Morgan fingerprint density at radius 3 is 2.49 bits per heavy atom. The number of carbonyl (C=O) groups excluding carboxylic acids is 1. The molecule has 41 heavy (non-hydrogen) atoms. The van der Waals surface area contributed by atoms with Crippen LogP contribution in [0.2, 0.25) is 0 Å². The van der Waals surface area contributed by atoms with Crippen LogP contribution in [0, 0.1) is 13.8 Å². The van der Waals surface area contributed by atoms with E-state index >= 15 is 0 Å². The lowest BCUT2D eigenvalue weighted by Gasteiger charge is -2.38. The molecular formula is C31H31N5O4S. The van der Waals surface area contributed by atoms with E-state index in [1.165, 1.54) is 17.7 Å². The second-order valence-electron chi connectivity index (χ2n) is 10.6. The number of aryl methyl sites for hydroxylation is 2. The molecule has 10 heteroatoms. The molecular weight excluding hydrogens is 538 g/mol. The van der Waals surface area contributed by atoms with Crippen LogP contribution in [0.5, 0.6) is 5.88 Å². The van der Waals surface area contributed by atoms with Crippen molar-refractivity contribution in [1.29, 1.82) is 0 Å². The van der Waals surface area contributed by atoms with Gasteiger partial charge in [0.25, 0.3) is 15.9 Å². The number of ether oxygens (including phenoxy) is 1. The molecule has 1 saturated heterocycles. The molecule has 0 aliphatic carbocycles. The van der Waals surface area contributed by atoms with Gasteiger partial charge in [-0.3, -0.25) is 9.69 Å². The second kappa shape index (κ2) is 10.9. The standard InChI is InChI=1S/C31H31N5O4S/c1-20-8-6-9-21(2)29(20)26-17-28-34-31(33-26)35-41(38,39)24-13-7-12-23(16-24)30(37)32-25-14-15-36(19-27(25)40-28)18-22-10-4-3-5-11-22/h3-13,16-17,25,27H,14-15,18-19H2,1-2H3,(H,32,37)(H,33,34,35)/t25-,27-/m1/s1. The van der Waals surface area contributed by atoms with Crippen LogP contribution in [-0.4, -0.2) is 54.4 Å². The zero-order valence-corrected chi connectivity index (χ0v) is 23.7. The van der Waals surface area contributed by atoms with E-state index in [-0.39, 0.29) is 34.2 Å². The predicted molar refractivity (Wildman–Crippen MR) is 156 cm³/mol. The number of piperidine rings is 1. The third-order valence-corrected chi connectivity index (χ3v) is 8.88. The van der Waals surface area contributed by atoms with Crippen molar-refractivity contribution >= 4 is 21.9 Å². The van der Waals surface area contributed by atoms with Crippen molar-refractivity contribution in [3.05, 3.63) is 101 Å². The van der Waals surface area contributed by atoms with E-state index in [2.05, 4.69) is 37.0 Å². The Labute approximate surface area is 239 Å². The molecule has 2 aliphatic heterocycles. The maximum absolute atomic E-state index is 13.4. The maximum atomic E-state index is 13.4. The zero-order chi connectivity index (χ0) is 28.6. The number of hydrogen-bond acceptors (Lipinski definition) is 7. The third kappa shape index (κ3) is 5.79. The Kier molecular flexibility index (Phi) is 7.19. The van der Waals surface area contributed by atoms with E-state index < -0.39 is 16.1 Å². The number of fused-ring (bicyclic) bond motifs is 5. The lowest BCUT2D eigenvalue weighted by atomic mass is 9.99. The highest BCUT2D eigenvalue weighted by atomic mass is 32.2. The topological polar surface area (TPSA) is 114 Å². The number of amides is 1. The van der Waals surface area contributed by atoms with Crippen molar-refractivity contribution in [3.63, 3.8) is 0 Å². The van der Waals surface area contributed by atoms with Crippen LogP contribution in [0.3, 0.4) is 0 Å². The SMILES string of the molecule is Cc1cccc(C)c1-c1cc2nc(n1)NS(=O)(=O)c1cccc(c1)C(=O)N[C@@H]1CCN(Cc3ccccc3)C[C@H]1O2. The number of aromatic nitrogens is 2. The molecule has 2 aliphatic rings. The van der Waals surface area contributed by atoms with Crippen molar-refractivity contribution < 1.29 is 17.9 Å². The fourth-order valence-electron chi connectivity index (χ4n) is 5.52. The summed E-state index contributed by atoms with van der Waals surface area (Å²) in [5, 5.41) is 3.10. The molecule has 4 aromatic rings. The molecule has 1 fully saturated rings. The molecule has 0 saturated carbocycles. The number of sulfonamides is 1. The summed E-state index contributed by atoms with van der Waals surface area (Å²) in [4.78, 5) is 24.6. The van der Waals surface area contributed by atoms with E-state index in [0.717, 1.165) is 29.8 Å². The summed E-state index contributed by atoms with van der Waals surface area (Å²) in [6, 6.07) is 23.5. The normalized spacial score (nSPS) is 20.2. The summed E-state index contributed by atoms with van der Waals surface area (Å²) >= 11 is 0. The average molecular weight is 570 g/mol. The van der Waals surface area contributed by atoms with Crippen LogP contribution in [0.4, 0.5) is 5.95 Å². The van der Waals surface area contributed by atoms with Crippen LogP contribution in [0.25, 0.3) is 11.3 Å². The molecule has 0 spiro atoms. The van der Waals surface area contributed by atoms with E-state index in [9.17, 15) is 13.2 Å². The fraction of sp³-hybridized carbons (Fsp3) is 0.258. The first-order valence-electron chi connectivity index (χ1n) is 13.6. The minimum Gasteiger partial charge on any atom is -0.471 e. The number of rotatable bonds is 3. The van der Waals surface area contributed by atoms with Crippen molar-refractivity contribution in [2.75, 3.05) is 17.8 Å². The van der Waals surface area contributed by atoms with Gasteiger partial charge in [0.1, 0.15) is 6.10 Å². The van der Waals surface area contributed by atoms with Crippen molar-refractivity contribution in [1.82, 2.24) is 20.2 Å². The molecule has 4 bridgehead atoms. The van der Waals surface area contributed by atoms with Crippen LogP contribution in [0.1, 0.15) is 33.5 Å². The molecule has 6 rings (SSSR count). The molecule has 1 aromatic heterocycles. The lowest BCUT2D eigenvalue weighted by Crippen LogP contribution is -2.56. The van der Waals surface area contributed by atoms with Crippen molar-refractivity contribution in [2.45, 2.75) is 43.9 Å². The van der Waals surface area contributed by atoms with Gasteiger partial charge in [0, 0.05) is 36.8 Å². The molecule has 0 unspecified atom stereocenters. The van der Waals surface area contributed by atoms with Crippen LogP contribution in [0.15, 0.2) is 83.8 Å². The van der Waals surface area contributed by atoms with Gasteiger partial charge < -0.3 is 10.1 Å². The first-order valence-corrected chi connectivity index (χ1v) is 15.1. The van der Waals surface area contributed by atoms with Crippen LogP contribution in [-0.2, 0) is 16.6 Å². The van der Waals surface area contributed by atoms with Crippen LogP contribution < -0.4 is 14.8 Å². The number of carbonyl (C=O) groups is 1. The number of anilines is 1. The highest BCUT2D eigenvalue weighted by Gasteiger charge is 2.34.